The van der Waals surface area contributed by atoms with Crippen molar-refractivity contribution >= 4 is 28.6 Å². The molecule has 3 aliphatic rings. The van der Waals surface area contributed by atoms with Gasteiger partial charge in [0.25, 0.3) is 0 Å². The van der Waals surface area contributed by atoms with E-state index < -0.39 is 24.7 Å². The van der Waals surface area contributed by atoms with Crippen LogP contribution in [0, 0.1) is 23.7 Å². The van der Waals surface area contributed by atoms with Crippen LogP contribution < -0.4 is 5.73 Å². The minimum absolute atomic E-state index is 0.0960. The van der Waals surface area contributed by atoms with Crippen molar-refractivity contribution in [1.82, 2.24) is 9.88 Å². The lowest BCUT2D eigenvalue weighted by molar-refractivity contribution is -0.143. The van der Waals surface area contributed by atoms with Gasteiger partial charge in [-0.05, 0) is 73.6 Å². The smallest absolute Gasteiger partial charge is 0.354 e. The summed E-state index contributed by atoms with van der Waals surface area (Å²) in [5.41, 5.74) is 8.02. The van der Waals surface area contributed by atoms with Gasteiger partial charge in [-0.15, -0.1) is 0 Å². The number of alkyl halides is 1. The Kier molecular flexibility index (Phi) is 10.9. The van der Waals surface area contributed by atoms with Crippen molar-refractivity contribution in [1.29, 1.82) is 0 Å². The van der Waals surface area contributed by atoms with Crippen molar-refractivity contribution < 1.29 is 28.2 Å². The number of aromatic nitrogens is 1. The number of hydrogen-bond donors (Lipinski definition) is 2. The van der Waals surface area contributed by atoms with Gasteiger partial charge >= 0.3 is 5.97 Å². The Morgan fingerprint density at radius 3 is 2.51 bits per heavy atom. The summed E-state index contributed by atoms with van der Waals surface area (Å²) in [4.78, 5) is 45.6. The number of benzene rings is 1. The molecule has 1 saturated heterocycles. The molecule has 3 N–H and O–H groups in total. The molecule has 0 unspecified atom stereocenters. The van der Waals surface area contributed by atoms with Crippen LogP contribution in [0.15, 0.2) is 24.3 Å². The number of carbonyl (C=O) groups excluding carboxylic acids is 3. The number of carbonyl (C=O) groups is 3. The summed E-state index contributed by atoms with van der Waals surface area (Å²) in [6.45, 7) is 0.920. The Labute approximate surface area is 254 Å². The monoisotopic (exact) mass is 597 g/mol. The second kappa shape index (κ2) is 14.8. The number of H-pyrrole nitrogens is 1. The predicted molar refractivity (Wildman–Crippen MR) is 163 cm³/mol. The van der Waals surface area contributed by atoms with Crippen molar-refractivity contribution in [2.75, 3.05) is 33.5 Å². The molecular formula is C34H48FN3O5. The van der Waals surface area contributed by atoms with Gasteiger partial charge in [0.05, 0.1) is 12.6 Å². The molecule has 0 spiro atoms. The number of aromatic amines is 1. The number of likely N-dealkylation sites (tertiary alicyclic amines) is 1. The highest BCUT2D eigenvalue weighted by Gasteiger charge is 2.46. The van der Waals surface area contributed by atoms with E-state index in [2.05, 4.69) is 4.98 Å². The molecule has 1 amide bonds. The van der Waals surface area contributed by atoms with Crippen LogP contribution in [0.5, 0.6) is 0 Å². The zero-order chi connectivity index (χ0) is 30.3. The minimum Gasteiger partial charge on any atom is -0.461 e. The van der Waals surface area contributed by atoms with E-state index in [1.54, 1.807) is 13.2 Å². The quantitative estimate of drug-likeness (QED) is 0.251. The predicted octanol–water partition coefficient (Wildman–Crippen LogP) is 5.37. The molecule has 1 aliphatic heterocycles. The summed E-state index contributed by atoms with van der Waals surface area (Å²) in [5.74, 6) is 0.461. The molecule has 0 bridgehead atoms. The molecule has 2 aromatic rings. The first-order valence-electron chi connectivity index (χ1n) is 16.3. The lowest BCUT2D eigenvalue weighted by Crippen LogP contribution is -2.48. The van der Waals surface area contributed by atoms with E-state index in [1.807, 2.05) is 23.1 Å². The number of amides is 1. The lowest BCUT2D eigenvalue weighted by atomic mass is 9.75. The largest absolute Gasteiger partial charge is 0.461 e. The normalized spacial score (nSPS) is 25.6. The number of rotatable bonds is 12. The Bertz CT molecular complexity index is 1250. The number of nitrogens with zero attached hydrogens (tertiary/aromatic N) is 1. The van der Waals surface area contributed by atoms with Crippen LogP contribution in [0.4, 0.5) is 4.39 Å². The Hall–Kier alpha value is -2.78. The van der Waals surface area contributed by atoms with Gasteiger partial charge in [0.2, 0.25) is 5.91 Å². The molecule has 8 nitrogen and oxygen atoms in total. The molecule has 1 aromatic carbocycles. The fourth-order valence-electron chi connectivity index (χ4n) is 7.84. The number of halogens is 1. The number of nitrogens with one attached hydrogen (secondary N) is 1. The third kappa shape index (κ3) is 7.48. The number of ether oxygens (including phenoxy) is 2. The second-order valence-electron chi connectivity index (χ2n) is 13.0. The van der Waals surface area contributed by atoms with Gasteiger partial charge in [0, 0.05) is 56.0 Å². The van der Waals surface area contributed by atoms with Gasteiger partial charge in [0.1, 0.15) is 12.4 Å². The highest BCUT2D eigenvalue weighted by Crippen LogP contribution is 2.41. The number of fused-ring (bicyclic) bond motifs is 1. The molecule has 3 atom stereocenters. The van der Waals surface area contributed by atoms with Crippen LogP contribution in [0.3, 0.4) is 0 Å². The van der Waals surface area contributed by atoms with Crippen molar-refractivity contribution in [2.24, 2.45) is 29.4 Å². The van der Waals surface area contributed by atoms with Crippen LogP contribution in [0.1, 0.15) is 86.7 Å². The molecular weight excluding hydrogens is 549 g/mol. The Morgan fingerprint density at radius 1 is 1.02 bits per heavy atom. The SMILES string of the molecule is COCCCOC(=O)c1cc2cc(CC(=O)[C@@H]3[C@H](C4CCCCC4)CCN3C(=O)C3CCC([C@H](N)CF)CC3)ccc2[nH]1. The van der Waals surface area contributed by atoms with E-state index in [0.717, 1.165) is 48.6 Å². The topological polar surface area (TPSA) is 115 Å². The average molecular weight is 598 g/mol. The molecule has 1 aromatic heterocycles. The molecule has 0 radical (unpaired) electrons. The zero-order valence-corrected chi connectivity index (χ0v) is 25.5. The summed E-state index contributed by atoms with van der Waals surface area (Å²) in [7, 11) is 1.61. The second-order valence-corrected chi connectivity index (χ2v) is 13.0. The Morgan fingerprint density at radius 2 is 1.79 bits per heavy atom. The van der Waals surface area contributed by atoms with E-state index >= 15 is 0 Å². The van der Waals surface area contributed by atoms with Crippen LogP contribution in [0.25, 0.3) is 10.9 Å². The molecule has 2 aliphatic carbocycles. The van der Waals surface area contributed by atoms with Gasteiger partial charge in [-0.1, -0.05) is 38.2 Å². The Balaban J connectivity index is 1.29. The van der Waals surface area contributed by atoms with Gasteiger partial charge < -0.3 is 25.1 Å². The number of esters is 1. The average Bonchev–Trinajstić information content (AvgIpc) is 3.68. The maximum atomic E-state index is 14.1. The zero-order valence-electron chi connectivity index (χ0n) is 25.5. The number of ketones is 1. The standard InChI is InChI=1S/C34H48FN3O5/c1-42-16-5-17-43-34(41)30-20-26-18-22(8-13-29(26)37-30)19-31(39)32-27(23-6-3-2-4-7-23)14-15-38(32)33(40)25-11-9-24(10-12-25)28(36)21-35/h8,13,18,20,23-25,27-28,32,37H,2-7,9-12,14-17,19,21,36H2,1H3/t24?,25?,27-,28+,32-/m0/s1. The maximum absolute atomic E-state index is 14.1. The third-order valence-corrected chi connectivity index (χ3v) is 10.2. The lowest BCUT2D eigenvalue weighted by Gasteiger charge is -2.37. The van der Waals surface area contributed by atoms with Crippen LogP contribution in [0.2, 0.25) is 0 Å². The highest BCUT2D eigenvalue weighted by molar-refractivity contribution is 5.96. The van der Waals surface area contributed by atoms with E-state index in [-0.39, 0.29) is 42.5 Å². The first-order chi connectivity index (χ1) is 20.9. The summed E-state index contributed by atoms with van der Waals surface area (Å²) in [6, 6.07) is 6.70. The van der Waals surface area contributed by atoms with Gasteiger partial charge in [-0.3, -0.25) is 9.59 Å². The first kappa shape index (κ1) is 31.6. The van der Waals surface area contributed by atoms with E-state index in [0.29, 0.717) is 44.0 Å². The van der Waals surface area contributed by atoms with Gasteiger partial charge in [-0.2, -0.15) is 0 Å². The van der Waals surface area contributed by atoms with E-state index in [4.69, 9.17) is 15.2 Å². The molecule has 9 heteroatoms. The molecule has 3 fully saturated rings. The van der Waals surface area contributed by atoms with Crippen LogP contribution in [-0.4, -0.2) is 73.2 Å². The van der Waals surface area contributed by atoms with E-state index in [9.17, 15) is 18.8 Å². The van der Waals surface area contributed by atoms with Crippen molar-refractivity contribution in [3.63, 3.8) is 0 Å². The minimum atomic E-state index is -0.524. The van der Waals surface area contributed by atoms with Crippen molar-refractivity contribution in [3.05, 3.63) is 35.5 Å². The fourth-order valence-corrected chi connectivity index (χ4v) is 7.84. The van der Waals surface area contributed by atoms with Crippen LogP contribution >= 0.6 is 0 Å². The van der Waals surface area contributed by atoms with Gasteiger partial charge in [-0.25, -0.2) is 9.18 Å². The first-order valence-corrected chi connectivity index (χ1v) is 16.3. The summed E-state index contributed by atoms with van der Waals surface area (Å²) in [6.07, 6.45) is 10.6. The van der Waals surface area contributed by atoms with E-state index in [1.165, 1.54) is 19.3 Å². The van der Waals surface area contributed by atoms with Crippen molar-refractivity contribution in [2.45, 2.75) is 89.1 Å². The maximum Gasteiger partial charge on any atom is 0.354 e. The molecule has 236 valence electrons. The van der Waals surface area contributed by atoms with Crippen molar-refractivity contribution in [3.8, 4) is 0 Å². The summed E-state index contributed by atoms with van der Waals surface area (Å²) < 4.78 is 23.5. The fraction of sp³-hybridized carbons (Fsp3) is 0.676. The molecule has 5 rings (SSSR count). The number of nitrogens with two attached hydrogens (primary N) is 1. The molecule has 2 heterocycles. The number of methoxy groups -OCH3 is 1. The third-order valence-electron chi connectivity index (χ3n) is 10.2. The number of hydrogen-bond acceptors (Lipinski definition) is 6. The summed E-state index contributed by atoms with van der Waals surface area (Å²) >= 11 is 0. The van der Waals surface area contributed by atoms with Gasteiger partial charge in [0.15, 0.2) is 5.78 Å². The molecule has 2 saturated carbocycles. The molecule has 43 heavy (non-hydrogen) atoms. The summed E-state index contributed by atoms with van der Waals surface area (Å²) in [5, 5.41) is 0.848. The number of Topliss-reactive ketones (excluding diaryl/α,β-unsaturated/α-hetero) is 1. The highest BCUT2D eigenvalue weighted by atomic mass is 19.1. The van der Waals surface area contributed by atoms with Crippen LogP contribution in [-0.2, 0) is 25.5 Å².